The highest BCUT2D eigenvalue weighted by atomic mass is 19.4. The molecule has 1 aromatic rings. The maximum Gasteiger partial charge on any atom is 0.437 e. The van der Waals surface area contributed by atoms with Crippen molar-refractivity contribution in [2.45, 2.75) is 24.6 Å². The molecule has 10 heteroatoms. The summed E-state index contributed by atoms with van der Waals surface area (Å²) in [6, 6.07) is 6.53. The first-order chi connectivity index (χ1) is 9.93. The highest BCUT2D eigenvalue weighted by molar-refractivity contribution is 5.81. The molecule has 0 radical (unpaired) electrons. The van der Waals surface area contributed by atoms with E-state index >= 15 is 0 Å². The van der Waals surface area contributed by atoms with Crippen molar-refractivity contribution in [3.05, 3.63) is 35.4 Å². The Balaban J connectivity index is 2.91. The second-order valence-electron chi connectivity index (χ2n) is 4.09. The molecule has 0 aliphatic rings. The van der Waals surface area contributed by atoms with Gasteiger partial charge >= 0.3 is 23.9 Å². The van der Waals surface area contributed by atoms with Gasteiger partial charge in [0.05, 0.1) is 11.6 Å². The topological polar surface area (TPSA) is 70.3 Å². The second-order valence-corrected chi connectivity index (χ2v) is 4.09. The Labute approximate surface area is 119 Å². The van der Waals surface area contributed by atoms with E-state index in [0.717, 1.165) is 0 Å². The monoisotopic (exact) mass is 327 g/mol. The van der Waals surface area contributed by atoms with Crippen molar-refractivity contribution in [2.24, 2.45) is 0 Å². The first-order valence-electron chi connectivity index (χ1n) is 5.45. The van der Waals surface area contributed by atoms with E-state index in [0.29, 0.717) is 0 Å². The van der Waals surface area contributed by atoms with Crippen LogP contribution >= 0.6 is 0 Å². The van der Waals surface area contributed by atoms with E-state index in [2.05, 4.69) is 4.74 Å². The fourth-order valence-corrected chi connectivity index (χ4v) is 1.32. The molecule has 0 saturated heterocycles. The molecule has 0 aliphatic carbocycles. The number of nitrogens with zero attached hydrogens (tertiary/aromatic N) is 1. The molecule has 1 N–H and O–H groups in total. The molecule has 120 valence electrons. The van der Waals surface area contributed by atoms with Crippen LogP contribution in [0.2, 0.25) is 0 Å². The maximum atomic E-state index is 12.4. The van der Waals surface area contributed by atoms with Gasteiger partial charge in [-0.15, -0.1) is 0 Å². The third kappa shape index (κ3) is 3.30. The highest BCUT2D eigenvalue weighted by Crippen LogP contribution is 2.43. The molecule has 4 nitrogen and oxygen atoms in total. The number of nitriles is 1. The van der Waals surface area contributed by atoms with Crippen LogP contribution in [0.5, 0.6) is 0 Å². The predicted octanol–water partition coefficient (Wildman–Crippen LogP) is 2.46. The van der Waals surface area contributed by atoms with Gasteiger partial charge in [-0.2, -0.15) is 31.6 Å². The lowest BCUT2D eigenvalue weighted by atomic mass is 10.0. The number of halogens is 6. The second kappa shape index (κ2) is 5.84. The third-order valence-electron chi connectivity index (χ3n) is 2.57. The third-order valence-corrected chi connectivity index (χ3v) is 2.57. The minimum atomic E-state index is -6.28. The van der Waals surface area contributed by atoms with E-state index in [1.165, 1.54) is 24.3 Å². The van der Waals surface area contributed by atoms with E-state index in [-0.39, 0.29) is 11.1 Å². The van der Waals surface area contributed by atoms with Crippen molar-refractivity contribution in [1.82, 2.24) is 0 Å². The van der Waals surface area contributed by atoms with Crippen LogP contribution in [0.1, 0.15) is 11.1 Å². The molecular formula is C12H7F6NO3. The van der Waals surface area contributed by atoms with Crippen molar-refractivity contribution in [1.29, 1.82) is 5.26 Å². The average molecular weight is 327 g/mol. The normalized spacial score (nSPS) is 12.6. The first-order valence-corrected chi connectivity index (χ1v) is 5.45. The quantitative estimate of drug-likeness (QED) is 0.684. The van der Waals surface area contributed by atoms with Crippen molar-refractivity contribution in [2.75, 3.05) is 0 Å². The molecule has 0 saturated carbocycles. The fraction of sp³-hybridized carbons (Fsp3) is 0.333. The summed E-state index contributed by atoms with van der Waals surface area (Å²) in [6.07, 6.45) is -12.6. The lowest BCUT2D eigenvalue weighted by Crippen LogP contribution is -2.62. The van der Waals surface area contributed by atoms with E-state index in [1.54, 1.807) is 6.07 Å². The van der Waals surface area contributed by atoms with E-state index in [4.69, 9.17) is 10.4 Å². The summed E-state index contributed by atoms with van der Waals surface area (Å²) in [5, 5.41) is 17.3. The minimum absolute atomic E-state index is 0.0408. The SMILES string of the molecule is N#Cc1ccc(COC(=O)C(O)(C(F)(F)F)C(F)(F)F)cc1. The smallest absolute Gasteiger partial charge is 0.437 e. The molecule has 1 rings (SSSR count). The number of benzene rings is 1. The van der Waals surface area contributed by atoms with Gasteiger partial charge in [0.15, 0.2) is 0 Å². The molecule has 1 aromatic carbocycles. The van der Waals surface area contributed by atoms with Crippen LogP contribution in [0.25, 0.3) is 0 Å². The molecule has 0 heterocycles. The molecule has 0 aromatic heterocycles. The Kier molecular flexibility index (Phi) is 4.72. The van der Waals surface area contributed by atoms with Crippen LogP contribution in [0.15, 0.2) is 24.3 Å². The van der Waals surface area contributed by atoms with Gasteiger partial charge < -0.3 is 9.84 Å². The van der Waals surface area contributed by atoms with Crippen molar-refractivity contribution < 1.29 is 41.0 Å². The van der Waals surface area contributed by atoms with Crippen LogP contribution in [0.4, 0.5) is 26.3 Å². The summed E-state index contributed by atoms with van der Waals surface area (Å²) in [5.41, 5.74) is -5.37. The first kappa shape index (κ1) is 17.8. The summed E-state index contributed by atoms with van der Waals surface area (Å²) in [7, 11) is 0. The molecule has 0 aliphatic heterocycles. The summed E-state index contributed by atoms with van der Waals surface area (Å²) in [4.78, 5) is 11.1. The number of ether oxygens (including phenoxy) is 1. The number of carbonyl (C=O) groups is 1. The maximum absolute atomic E-state index is 12.4. The minimum Gasteiger partial charge on any atom is -0.458 e. The summed E-state index contributed by atoms with van der Waals surface area (Å²) < 4.78 is 78.1. The molecular weight excluding hydrogens is 320 g/mol. The summed E-state index contributed by atoms with van der Waals surface area (Å²) in [6.45, 7) is -0.932. The van der Waals surface area contributed by atoms with Crippen molar-refractivity contribution in [3.63, 3.8) is 0 Å². The van der Waals surface area contributed by atoms with Gasteiger partial charge in [0.1, 0.15) is 6.61 Å². The zero-order chi connectivity index (χ0) is 17.2. The Bertz CT molecular complexity index is 571. The number of carbonyl (C=O) groups excluding carboxylic acids is 1. The van der Waals surface area contributed by atoms with Crippen LogP contribution in [0, 0.1) is 11.3 Å². The fourth-order valence-electron chi connectivity index (χ4n) is 1.32. The van der Waals surface area contributed by atoms with Gasteiger partial charge in [0.25, 0.3) is 0 Å². The van der Waals surface area contributed by atoms with Crippen molar-refractivity contribution >= 4 is 5.97 Å². The highest BCUT2D eigenvalue weighted by Gasteiger charge is 2.76. The Morgan fingerprint density at radius 2 is 1.55 bits per heavy atom. The molecule has 0 bridgehead atoms. The number of esters is 1. The van der Waals surface area contributed by atoms with Crippen LogP contribution in [-0.2, 0) is 16.1 Å². The molecule has 0 atom stereocenters. The zero-order valence-electron chi connectivity index (χ0n) is 10.5. The molecule has 0 unspecified atom stereocenters. The zero-order valence-corrected chi connectivity index (χ0v) is 10.5. The van der Waals surface area contributed by atoms with Crippen LogP contribution in [0.3, 0.4) is 0 Å². The largest absolute Gasteiger partial charge is 0.458 e. The van der Waals surface area contributed by atoms with Gasteiger partial charge in [-0.05, 0) is 17.7 Å². The number of rotatable bonds is 3. The van der Waals surface area contributed by atoms with Crippen LogP contribution in [-0.4, -0.2) is 29.0 Å². The van der Waals surface area contributed by atoms with Crippen molar-refractivity contribution in [3.8, 4) is 6.07 Å². The predicted molar refractivity (Wildman–Crippen MR) is 58.0 cm³/mol. The molecule has 0 fully saturated rings. The molecule has 0 spiro atoms. The number of aliphatic hydroxyl groups is 1. The van der Waals surface area contributed by atoms with Gasteiger partial charge in [-0.25, -0.2) is 4.79 Å². The lowest BCUT2D eigenvalue weighted by Gasteiger charge is -2.29. The number of hydrogen-bond acceptors (Lipinski definition) is 4. The number of alkyl halides is 6. The Hall–Kier alpha value is -2.28. The molecule has 0 amide bonds. The molecule has 22 heavy (non-hydrogen) atoms. The van der Waals surface area contributed by atoms with E-state index in [9.17, 15) is 31.1 Å². The summed E-state index contributed by atoms with van der Waals surface area (Å²) in [5.74, 6) is -2.88. The summed E-state index contributed by atoms with van der Waals surface area (Å²) >= 11 is 0. The average Bonchev–Trinajstić information content (AvgIpc) is 2.41. The standard InChI is InChI=1S/C12H7F6NO3/c13-11(14,15)10(21,12(16,17)18)9(20)22-6-8-3-1-7(5-19)2-4-8/h1-4,21H,6H2. The van der Waals surface area contributed by atoms with Gasteiger partial charge in [-0.1, -0.05) is 12.1 Å². The van der Waals surface area contributed by atoms with Gasteiger partial charge in [0.2, 0.25) is 0 Å². The van der Waals surface area contributed by atoms with Crippen LogP contribution < -0.4 is 0 Å². The van der Waals surface area contributed by atoms with Gasteiger partial charge in [-0.3, -0.25) is 0 Å². The Morgan fingerprint density at radius 3 is 1.91 bits per heavy atom. The Morgan fingerprint density at radius 1 is 1.09 bits per heavy atom. The van der Waals surface area contributed by atoms with Gasteiger partial charge in [0, 0.05) is 0 Å². The van der Waals surface area contributed by atoms with E-state index < -0.39 is 30.5 Å². The lowest BCUT2D eigenvalue weighted by molar-refractivity contribution is -0.357. The van der Waals surface area contributed by atoms with E-state index in [1.807, 2.05) is 0 Å². The number of hydrogen-bond donors (Lipinski definition) is 1.